The van der Waals surface area contributed by atoms with Gasteiger partial charge >= 0.3 is 0 Å². The first-order valence-electron chi connectivity index (χ1n) is 5.48. The highest BCUT2D eigenvalue weighted by Gasteiger charge is 2.24. The zero-order valence-electron chi connectivity index (χ0n) is 10.1. The number of benzene rings is 1. The number of aliphatic hydroxyl groups excluding tert-OH is 2. The third-order valence-corrected chi connectivity index (χ3v) is 2.95. The number of alkyl halides is 2. The number of aliphatic hydroxyl groups is 2. The van der Waals surface area contributed by atoms with Crippen molar-refractivity contribution in [2.75, 3.05) is 6.61 Å². The number of hydrogen-bond donors (Lipinski definition) is 3. The second kappa shape index (κ2) is 7.39. The average Bonchev–Trinajstić information content (AvgIpc) is 2.43. The molecule has 0 spiro atoms. The van der Waals surface area contributed by atoms with Gasteiger partial charge in [-0.1, -0.05) is 23.2 Å². The zero-order chi connectivity index (χ0) is 15.3. The van der Waals surface area contributed by atoms with E-state index < -0.39 is 34.4 Å². The fraction of sp³-hybridized carbons (Fsp3) is 0.364. The van der Waals surface area contributed by atoms with E-state index in [0.29, 0.717) is 5.56 Å². The summed E-state index contributed by atoms with van der Waals surface area (Å²) in [5, 5.41) is 31.9. The standard InChI is InChI=1S/C11H12Cl2N2O5/c12-10(13)11(18)14-8(5-16)9(17)6-1-3-7(4-2-6)15(19)20/h1-4,8-10,16-17H,5H2,(H,14,18)/t8-,9+/m1/s1. The second-order valence-corrected chi connectivity index (χ2v) is 4.99. The van der Waals surface area contributed by atoms with Crippen molar-refractivity contribution in [1.29, 1.82) is 0 Å². The average molecular weight is 323 g/mol. The summed E-state index contributed by atoms with van der Waals surface area (Å²) >= 11 is 10.7. The molecule has 0 unspecified atom stereocenters. The zero-order valence-corrected chi connectivity index (χ0v) is 11.6. The van der Waals surface area contributed by atoms with Crippen LogP contribution in [0.5, 0.6) is 0 Å². The second-order valence-electron chi connectivity index (χ2n) is 3.89. The first-order valence-corrected chi connectivity index (χ1v) is 6.36. The van der Waals surface area contributed by atoms with Gasteiger partial charge < -0.3 is 15.5 Å². The number of rotatable bonds is 6. The summed E-state index contributed by atoms with van der Waals surface area (Å²) in [4.78, 5) is 19.9. The van der Waals surface area contributed by atoms with E-state index in [0.717, 1.165) is 0 Å². The molecule has 110 valence electrons. The molecular weight excluding hydrogens is 311 g/mol. The molecule has 9 heteroatoms. The SMILES string of the molecule is O=C(N[C@H](CO)[C@@H](O)c1ccc([N+](=O)[O-])cc1)C(Cl)Cl. The van der Waals surface area contributed by atoms with Gasteiger partial charge in [0.1, 0.15) is 6.10 Å². The lowest BCUT2D eigenvalue weighted by atomic mass is 10.0. The molecule has 0 bridgehead atoms. The van der Waals surface area contributed by atoms with Crippen LogP contribution in [0.1, 0.15) is 11.7 Å². The highest BCUT2D eigenvalue weighted by molar-refractivity contribution is 6.53. The number of nitrogens with one attached hydrogen (secondary N) is 1. The molecule has 2 atom stereocenters. The quantitative estimate of drug-likeness (QED) is 0.409. The van der Waals surface area contributed by atoms with E-state index in [1.165, 1.54) is 24.3 Å². The van der Waals surface area contributed by atoms with E-state index in [2.05, 4.69) is 5.32 Å². The number of halogens is 2. The molecule has 0 fully saturated rings. The summed E-state index contributed by atoms with van der Waals surface area (Å²) in [6.45, 7) is -0.551. The van der Waals surface area contributed by atoms with E-state index in [4.69, 9.17) is 28.3 Å². The Hall–Kier alpha value is -1.41. The van der Waals surface area contributed by atoms with Crippen LogP contribution in [0.15, 0.2) is 24.3 Å². The van der Waals surface area contributed by atoms with E-state index in [-0.39, 0.29) is 5.69 Å². The van der Waals surface area contributed by atoms with Gasteiger partial charge in [0.25, 0.3) is 11.6 Å². The predicted octanol–water partition coefficient (Wildman–Crippen LogP) is 0.909. The predicted molar refractivity (Wildman–Crippen MR) is 72.6 cm³/mol. The summed E-state index contributed by atoms with van der Waals surface area (Å²) in [5.41, 5.74) is 0.169. The van der Waals surface area contributed by atoms with E-state index in [9.17, 15) is 20.0 Å². The molecule has 7 nitrogen and oxygen atoms in total. The Morgan fingerprint density at radius 1 is 1.35 bits per heavy atom. The molecule has 1 aromatic carbocycles. The van der Waals surface area contributed by atoms with Crippen molar-refractivity contribution in [3.63, 3.8) is 0 Å². The van der Waals surface area contributed by atoms with Gasteiger partial charge in [0, 0.05) is 12.1 Å². The number of non-ortho nitro benzene ring substituents is 1. The third-order valence-electron chi connectivity index (χ3n) is 2.55. The largest absolute Gasteiger partial charge is 0.394 e. The van der Waals surface area contributed by atoms with Crippen LogP contribution >= 0.6 is 23.2 Å². The topological polar surface area (TPSA) is 113 Å². The monoisotopic (exact) mass is 322 g/mol. The van der Waals surface area contributed by atoms with Crippen molar-refractivity contribution in [3.8, 4) is 0 Å². The lowest BCUT2D eigenvalue weighted by molar-refractivity contribution is -0.384. The van der Waals surface area contributed by atoms with Crippen molar-refractivity contribution in [3.05, 3.63) is 39.9 Å². The maximum absolute atomic E-state index is 11.3. The maximum Gasteiger partial charge on any atom is 0.269 e. The molecule has 0 aliphatic carbocycles. The number of amides is 1. The van der Waals surface area contributed by atoms with Crippen molar-refractivity contribution < 1.29 is 19.9 Å². The molecule has 20 heavy (non-hydrogen) atoms. The minimum atomic E-state index is -1.33. The van der Waals surface area contributed by atoms with Crippen molar-refractivity contribution >= 4 is 34.8 Å². The minimum absolute atomic E-state index is 0.132. The first-order chi connectivity index (χ1) is 9.36. The number of nitro groups is 1. The van der Waals surface area contributed by atoms with Crippen molar-refractivity contribution in [2.45, 2.75) is 17.0 Å². The Morgan fingerprint density at radius 2 is 1.90 bits per heavy atom. The molecule has 3 N–H and O–H groups in total. The number of carbonyl (C=O) groups excluding carboxylic acids is 1. The molecule has 0 heterocycles. The molecule has 0 radical (unpaired) electrons. The first kappa shape index (κ1) is 16.6. The number of carbonyl (C=O) groups is 1. The number of nitro benzene ring substituents is 1. The van der Waals surface area contributed by atoms with Gasteiger partial charge in [-0.2, -0.15) is 0 Å². The van der Waals surface area contributed by atoms with Gasteiger partial charge in [0.15, 0.2) is 4.84 Å². The molecule has 0 saturated carbocycles. The molecular formula is C11H12Cl2N2O5. The van der Waals surface area contributed by atoms with Crippen LogP contribution in [-0.2, 0) is 4.79 Å². The van der Waals surface area contributed by atoms with Crippen LogP contribution in [0, 0.1) is 10.1 Å². The minimum Gasteiger partial charge on any atom is -0.394 e. The Labute approximate surface area is 124 Å². The molecule has 0 aromatic heterocycles. The Kier molecular flexibility index (Phi) is 6.15. The fourth-order valence-electron chi connectivity index (χ4n) is 1.50. The van der Waals surface area contributed by atoms with Crippen LogP contribution < -0.4 is 5.32 Å². The molecule has 0 saturated heterocycles. The molecule has 0 aliphatic heterocycles. The molecule has 0 aliphatic rings. The summed E-state index contributed by atoms with van der Waals surface area (Å²) in [7, 11) is 0. The molecule has 1 amide bonds. The van der Waals surface area contributed by atoms with E-state index in [1.54, 1.807) is 0 Å². The van der Waals surface area contributed by atoms with E-state index >= 15 is 0 Å². The highest BCUT2D eigenvalue weighted by atomic mass is 35.5. The van der Waals surface area contributed by atoms with Crippen molar-refractivity contribution in [1.82, 2.24) is 5.32 Å². The molecule has 1 rings (SSSR count). The highest BCUT2D eigenvalue weighted by Crippen LogP contribution is 2.20. The maximum atomic E-state index is 11.3. The Bertz CT molecular complexity index is 480. The van der Waals surface area contributed by atoms with Crippen LogP contribution in [0.25, 0.3) is 0 Å². The lowest BCUT2D eigenvalue weighted by Gasteiger charge is -2.22. The fourth-order valence-corrected chi connectivity index (χ4v) is 1.62. The van der Waals surface area contributed by atoms with Gasteiger partial charge in [-0.25, -0.2) is 0 Å². The Balaban J connectivity index is 2.82. The van der Waals surface area contributed by atoms with E-state index in [1.807, 2.05) is 0 Å². The summed E-state index contributed by atoms with van der Waals surface area (Å²) < 4.78 is 0. The van der Waals surface area contributed by atoms with Crippen LogP contribution in [-0.4, -0.2) is 38.5 Å². The van der Waals surface area contributed by atoms with Gasteiger partial charge in [0.05, 0.1) is 17.6 Å². The van der Waals surface area contributed by atoms with Crippen LogP contribution in [0.2, 0.25) is 0 Å². The normalized spacial score (nSPS) is 13.8. The summed E-state index contributed by atoms with van der Waals surface area (Å²) in [5.74, 6) is -0.756. The summed E-state index contributed by atoms with van der Waals surface area (Å²) in [6.07, 6.45) is -1.25. The van der Waals surface area contributed by atoms with Gasteiger partial charge in [0.2, 0.25) is 0 Å². The smallest absolute Gasteiger partial charge is 0.269 e. The van der Waals surface area contributed by atoms with Gasteiger partial charge in [-0.15, -0.1) is 0 Å². The lowest BCUT2D eigenvalue weighted by Crippen LogP contribution is -2.44. The van der Waals surface area contributed by atoms with Gasteiger partial charge in [-0.3, -0.25) is 14.9 Å². The van der Waals surface area contributed by atoms with Crippen LogP contribution in [0.4, 0.5) is 5.69 Å². The molecule has 1 aromatic rings. The van der Waals surface area contributed by atoms with Crippen LogP contribution in [0.3, 0.4) is 0 Å². The van der Waals surface area contributed by atoms with Gasteiger partial charge in [-0.05, 0) is 17.7 Å². The number of nitrogens with zero attached hydrogens (tertiary/aromatic N) is 1. The third kappa shape index (κ3) is 4.31. The summed E-state index contributed by atoms with van der Waals surface area (Å²) in [6, 6.07) is 4.05. The Morgan fingerprint density at radius 3 is 2.30 bits per heavy atom. The van der Waals surface area contributed by atoms with Crippen molar-refractivity contribution in [2.24, 2.45) is 0 Å². The number of hydrogen-bond acceptors (Lipinski definition) is 5.